The summed E-state index contributed by atoms with van der Waals surface area (Å²) >= 11 is 0. The van der Waals surface area contributed by atoms with E-state index in [2.05, 4.69) is 282 Å². The van der Waals surface area contributed by atoms with Crippen LogP contribution < -0.4 is 0 Å². The molecule has 0 unspecified atom stereocenters. The number of rotatable bonds is 5. The van der Waals surface area contributed by atoms with E-state index in [4.69, 9.17) is 0 Å². The highest BCUT2D eigenvalue weighted by Crippen LogP contribution is 2.53. The normalized spacial score (nSPS) is 12.5. The van der Waals surface area contributed by atoms with Crippen molar-refractivity contribution in [3.63, 3.8) is 0 Å². The minimum absolute atomic E-state index is 0.224. The van der Waals surface area contributed by atoms with Crippen LogP contribution in [-0.2, 0) is 10.8 Å². The largest absolute Gasteiger partial charge is 0.306 e. The van der Waals surface area contributed by atoms with E-state index in [1.807, 2.05) is 0 Å². The number of fused-ring (bicyclic) bond motifs is 12. The van der Waals surface area contributed by atoms with Crippen molar-refractivity contribution in [3.8, 4) is 39.9 Å². The average molecular weight is 1010 g/mol. The molecule has 0 amide bonds. The number of hydrogen-bond acceptors (Lipinski definition) is 1. The molecule has 0 spiro atoms. The Morgan fingerprint density at radius 1 is 0.308 bits per heavy atom. The zero-order valence-electron chi connectivity index (χ0n) is 46.1. The number of para-hydroxylation sites is 4. The molecule has 4 aromatic heterocycles. The summed E-state index contributed by atoms with van der Waals surface area (Å²) in [5.74, 6) is 0. The molecular weight excluding hydrogens is 947 g/mol. The highest BCUT2D eigenvalue weighted by Gasteiger charge is 2.36. The van der Waals surface area contributed by atoms with Crippen molar-refractivity contribution in [1.29, 1.82) is 5.26 Å². The Morgan fingerprint density at radius 2 is 0.577 bits per heavy atom. The maximum absolute atomic E-state index is 13.0. The lowest BCUT2D eigenvalue weighted by atomic mass is 9.78. The number of hydrogen-bond donors (Lipinski definition) is 0. The molecule has 78 heavy (non-hydrogen) atoms. The second-order valence-electron chi connectivity index (χ2n) is 24.0. The standard InChI is InChI=1S/C73H61N5/c1-43-27-31-63-54(35-43)55-36-44(2)28-32-64(55)77(63)70-67(47-39-48(72(5,6)7)41-49(40-47)73(8,9)10)71(78-65-33-29-45(3)37-56(65)57-38-46(4)30-34-66(57)78)69(76-61-25-17-13-21-52(61)53-22-14-18-26-62(53)76)58(42-74)68(70)75-59-23-15-11-19-50(59)51-20-12-16-24-60(51)75/h11-41H,1-10H3. The Bertz CT molecular complexity index is 4400. The predicted octanol–water partition coefficient (Wildman–Crippen LogP) is 19.4. The molecule has 0 aliphatic carbocycles. The number of aryl methyl sites for hydroxylation is 4. The van der Waals surface area contributed by atoms with Crippen molar-refractivity contribution in [2.45, 2.75) is 80.1 Å². The molecule has 10 aromatic carbocycles. The van der Waals surface area contributed by atoms with E-state index >= 15 is 0 Å². The highest BCUT2D eigenvalue weighted by molar-refractivity contribution is 6.17. The van der Waals surface area contributed by atoms with E-state index in [1.54, 1.807) is 0 Å². The van der Waals surface area contributed by atoms with Crippen LogP contribution in [0.5, 0.6) is 0 Å². The molecular formula is C73H61N5. The molecule has 4 heterocycles. The first kappa shape index (κ1) is 47.3. The third kappa shape index (κ3) is 6.92. The number of nitrogens with zero attached hydrogens (tertiary/aromatic N) is 5. The van der Waals surface area contributed by atoms with Gasteiger partial charge in [-0.05, 0) is 128 Å². The lowest BCUT2D eigenvalue weighted by molar-refractivity contribution is 0.569. The van der Waals surface area contributed by atoms with Crippen molar-refractivity contribution in [2.75, 3.05) is 0 Å². The average Bonchev–Trinajstić information content (AvgIpc) is 3.97. The lowest BCUT2D eigenvalue weighted by Crippen LogP contribution is -2.18. The molecule has 0 aliphatic heterocycles. The molecule has 0 radical (unpaired) electrons. The van der Waals surface area contributed by atoms with Gasteiger partial charge in [0.15, 0.2) is 0 Å². The summed E-state index contributed by atoms with van der Waals surface area (Å²) in [7, 11) is 0. The van der Waals surface area contributed by atoms with E-state index in [1.165, 1.54) is 54.9 Å². The van der Waals surface area contributed by atoms with E-state index in [0.29, 0.717) is 5.56 Å². The van der Waals surface area contributed by atoms with E-state index in [9.17, 15) is 5.26 Å². The molecule has 5 heteroatoms. The first-order valence-electron chi connectivity index (χ1n) is 27.4. The van der Waals surface area contributed by atoms with E-state index < -0.39 is 0 Å². The second-order valence-corrected chi connectivity index (χ2v) is 24.0. The van der Waals surface area contributed by atoms with Crippen molar-refractivity contribution in [3.05, 3.63) is 227 Å². The molecule has 378 valence electrons. The fraction of sp³-hybridized carbons (Fsp3) is 0.164. The fourth-order valence-electron chi connectivity index (χ4n) is 12.9. The minimum Gasteiger partial charge on any atom is -0.306 e. The highest BCUT2D eigenvalue weighted by atomic mass is 15.1. The van der Waals surface area contributed by atoms with Gasteiger partial charge in [0.2, 0.25) is 0 Å². The summed E-state index contributed by atoms with van der Waals surface area (Å²) in [6.45, 7) is 22.8. The Hall–Kier alpha value is -9.11. The molecule has 0 aliphatic rings. The Labute approximate surface area is 455 Å². The summed E-state index contributed by atoms with van der Waals surface area (Å²) in [5, 5.41) is 22.2. The van der Waals surface area contributed by atoms with E-state index in [0.717, 1.165) is 99.6 Å². The molecule has 14 rings (SSSR count). The van der Waals surface area contributed by atoms with Gasteiger partial charge in [-0.1, -0.05) is 179 Å². The smallest absolute Gasteiger partial charge is 0.104 e. The third-order valence-electron chi connectivity index (χ3n) is 16.7. The van der Waals surface area contributed by atoms with Gasteiger partial charge in [-0.3, -0.25) is 0 Å². The first-order valence-corrected chi connectivity index (χ1v) is 27.4. The van der Waals surface area contributed by atoms with Gasteiger partial charge in [-0.2, -0.15) is 5.26 Å². The summed E-state index contributed by atoms with van der Waals surface area (Å²) in [6.07, 6.45) is 0. The molecule has 0 N–H and O–H groups in total. The third-order valence-corrected chi connectivity index (χ3v) is 16.7. The van der Waals surface area contributed by atoms with Gasteiger partial charge in [0, 0.05) is 48.7 Å². The van der Waals surface area contributed by atoms with Crippen LogP contribution in [-0.4, -0.2) is 18.3 Å². The Kier molecular flexibility index (Phi) is 10.3. The SMILES string of the molecule is Cc1ccc2c(c1)c1cc(C)ccc1n2-c1c(-c2cc(C(C)(C)C)cc(C(C)(C)C)c2)c(-n2c3ccc(C)cc3c3cc(C)ccc32)c(-n2c3ccccc3c3ccccc32)c(C#N)c1-n1c2ccccc2c2ccccc21. The van der Waals surface area contributed by atoms with Gasteiger partial charge in [0.25, 0.3) is 0 Å². The van der Waals surface area contributed by atoms with Crippen LogP contribution >= 0.6 is 0 Å². The molecule has 14 aromatic rings. The molecule has 0 fully saturated rings. The van der Waals surface area contributed by atoms with Crippen molar-refractivity contribution >= 4 is 87.2 Å². The van der Waals surface area contributed by atoms with Gasteiger partial charge in [0.1, 0.15) is 11.6 Å². The Balaban J connectivity index is 1.39. The van der Waals surface area contributed by atoms with Crippen LogP contribution in [0.2, 0.25) is 0 Å². The fourth-order valence-corrected chi connectivity index (χ4v) is 12.9. The van der Waals surface area contributed by atoms with Crippen LogP contribution in [0, 0.1) is 39.0 Å². The van der Waals surface area contributed by atoms with Crippen molar-refractivity contribution in [2.24, 2.45) is 0 Å². The molecule has 0 atom stereocenters. The van der Waals surface area contributed by atoms with Crippen molar-refractivity contribution in [1.82, 2.24) is 18.3 Å². The monoisotopic (exact) mass is 1010 g/mol. The number of benzene rings is 10. The molecule has 0 saturated carbocycles. The van der Waals surface area contributed by atoms with Crippen LogP contribution in [0.3, 0.4) is 0 Å². The van der Waals surface area contributed by atoms with Crippen molar-refractivity contribution < 1.29 is 0 Å². The van der Waals surface area contributed by atoms with Gasteiger partial charge in [-0.25, -0.2) is 0 Å². The van der Waals surface area contributed by atoms with Gasteiger partial charge >= 0.3 is 0 Å². The zero-order valence-corrected chi connectivity index (χ0v) is 46.1. The van der Waals surface area contributed by atoms with Crippen LogP contribution in [0.4, 0.5) is 0 Å². The summed E-state index contributed by atoms with van der Waals surface area (Å²) in [5.41, 5.74) is 21.3. The van der Waals surface area contributed by atoms with Crippen LogP contribution in [0.1, 0.15) is 80.5 Å². The van der Waals surface area contributed by atoms with Crippen LogP contribution in [0.25, 0.3) is 121 Å². The summed E-state index contributed by atoms with van der Waals surface area (Å²) in [6, 6.07) is 73.1. The lowest BCUT2D eigenvalue weighted by Gasteiger charge is -2.31. The maximum Gasteiger partial charge on any atom is 0.104 e. The zero-order chi connectivity index (χ0) is 53.7. The number of nitriles is 1. The van der Waals surface area contributed by atoms with Gasteiger partial charge < -0.3 is 18.3 Å². The number of aromatic nitrogens is 4. The molecule has 5 nitrogen and oxygen atoms in total. The quantitative estimate of drug-likeness (QED) is 0.169. The molecule has 0 bridgehead atoms. The van der Waals surface area contributed by atoms with Gasteiger partial charge in [-0.15, -0.1) is 0 Å². The van der Waals surface area contributed by atoms with Crippen LogP contribution in [0.15, 0.2) is 188 Å². The minimum atomic E-state index is -0.224. The maximum atomic E-state index is 13.0. The molecule has 0 saturated heterocycles. The predicted molar refractivity (Wildman–Crippen MR) is 330 cm³/mol. The topological polar surface area (TPSA) is 43.5 Å². The summed E-state index contributed by atoms with van der Waals surface area (Å²) in [4.78, 5) is 0. The Morgan fingerprint density at radius 3 is 0.859 bits per heavy atom. The first-order chi connectivity index (χ1) is 37.6. The summed E-state index contributed by atoms with van der Waals surface area (Å²) < 4.78 is 9.92. The second kappa shape index (κ2) is 16.9. The van der Waals surface area contributed by atoms with Gasteiger partial charge in [0.05, 0.1) is 66.9 Å². The van der Waals surface area contributed by atoms with E-state index in [-0.39, 0.29) is 10.8 Å².